The number of benzene rings is 1. The van der Waals surface area contributed by atoms with Gasteiger partial charge in [-0.3, -0.25) is 0 Å². The molecule has 1 aliphatic carbocycles. The van der Waals surface area contributed by atoms with Gasteiger partial charge in [-0.15, -0.1) is 0 Å². The molecule has 24 heavy (non-hydrogen) atoms. The highest BCUT2D eigenvalue weighted by molar-refractivity contribution is 5.66. The maximum absolute atomic E-state index is 5.96. The lowest BCUT2D eigenvalue weighted by Crippen LogP contribution is -2.21. The molecular weight excluding hydrogens is 306 g/mol. The van der Waals surface area contributed by atoms with Crippen molar-refractivity contribution in [3.05, 3.63) is 30.6 Å². The second-order valence-electron chi connectivity index (χ2n) is 5.89. The first-order valence-electron chi connectivity index (χ1n) is 8.01. The molecule has 0 saturated heterocycles. The van der Waals surface area contributed by atoms with Gasteiger partial charge in [0.15, 0.2) is 0 Å². The molecule has 0 bridgehead atoms. The third kappa shape index (κ3) is 3.86. The smallest absolute Gasteiger partial charge is 0.146 e. The Labute approximate surface area is 141 Å². The van der Waals surface area contributed by atoms with Gasteiger partial charge < -0.3 is 25.8 Å². The van der Waals surface area contributed by atoms with E-state index in [9.17, 15) is 0 Å². The summed E-state index contributed by atoms with van der Waals surface area (Å²) >= 11 is 0. The van der Waals surface area contributed by atoms with Gasteiger partial charge in [0.1, 0.15) is 29.5 Å². The second kappa shape index (κ2) is 7.35. The number of aromatic nitrogens is 2. The van der Waals surface area contributed by atoms with Crippen LogP contribution in [0, 0.1) is 0 Å². The Kier molecular flexibility index (Phi) is 5.00. The summed E-state index contributed by atoms with van der Waals surface area (Å²) in [7, 11) is 3.25. The van der Waals surface area contributed by atoms with Crippen LogP contribution in [-0.2, 0) is 0 Å². The normalized spacial score (nSPS) is 19.8. The van der Waals surface area contributed by atoms with Crippen molar-refractivity contribution < 1.29 is 9.47 Å². The number of hydrogen-bond acceptors (Lipinski definition) is 7. The van der Waals surface area contributed by atoms with E-state index in [4.69, 9.17) is 15.2 Å². The first-order chi connectivity index (χ1) is 11.7. The quantitative estimate of drug-likeness (QED) is 0.749. The van der Waals surface area contributed by atoms with E-state index in [0.29, 0.717) is 17.6 Å². The van der Waals surface area contributed by atoms with E-state index in [1.807, 2.05) is 24.3 Å². The molecule has 1 fully saturated rings. The van der Waals surface area contributed by atoms with Gasteiger partial charge in [0.05, 0.1) is 19.9 Å². The van der Waals surface area contributed by atoms with Crippen molar-refractivity contribution in [2.75, 3.05) is 24.9 Å². The average molecular weight is 329 g/mol. The van der Waals surface area contributed by atoms with Gasteiger partial charge in [-0.05, 0) is 31.4 Å². The summed E-state index contributed by atoms with van der Waals surface area (Å²) in [5.74, 6) is 2.90. The molecule has 0 spiro atoms. The first kappa shape index (κ1) is 16.3. The number of nitrogens with zero attached hydrogens (tertiary/aromatic N) is 2. The molecule has 1 saturated carbocycles. The highest BCUT2D eigenvalue weighted by Gasteiger charge is 2.21. The molecule has 1 aromatic carbocycles. The number of nitrogens with two attached hydrogens (primary N) is 1. The lowest BCUT2D eigenvalue weighted by Gasteiger charge is -2.15. The highest BCUT2D eigenvalue weighted by Crippen LogP contribution is 2.31. The average Bonchev–Trinajstić information content (AvgIpc) is 3.00. The molecule has 0 unspecified atom stereocenters. The third-order valence-corrected chi connectivity index (χ3v) is 4.16. The van der Waals surface area contributed by atoms with Gasteiger partial charge in [-0.1, -0.05) is 0 Å². The molecule has 7 nitrogen and oxygen atoms in total. The zero-order chi connectivity index (χ0) is 16.9. The Hall–Kier alpha value is -2.54. The highest BCUT2D eigenvalue weighted by atomic mass is 16.5. The van der Waals surface area contributed by atoms with Crippen LogP contribution < -0.4 is 25.8 Å². The van der Waals surface area contributed by atoms with E-state index in [1.54, 1.807) is 14.2 Å². The van der Waals surface area contributed by atoms with Crippen molar-refractivity contribution >= 4 is 17.3 Å². The molecule has 0 amide bonds. The van der Waals surface area contributed by atoms with Gasteiger partial charge in [0, 0.05) is 24.2 Å². The number of anilines is 3. The van der Waals surface area contributed by atoms with Gasteiger partial charge in [-0.25, -0.2) is 9.97 Å². The maximum atomic E-state index is 5.96. The summed E-state index contributed by atoms with van der Waals surface area (Å²) < 4.78 is 10.6. The molecule has 0 radical (unpaired) electrons. The monoisotopic (exact) mass is 329 g/mol. The van der Waals surface area contributed by atoms with Crippen LogP contribution >= 0.6 is 0 Å². The standard InChI is InChI=1S/C17H23N5O2/c1-23-13-5-6-14(15(8-13)24-2)22-17-9-16(19-10-20-17)21-12-4-3-11(18)7-12/h5-6,8-12H,3-4,7,18H2,1-2H3,(H2,19,20,21,22)/t11-,12+/m0/s1. The van der Waals surface area contributed by atoms with Crippen LogP contribution in [0.25, 0.3) is 0 Å². The molecular formula is C17H23N5O2. The molecule has 1 aromatic heterocycles. The molecule has 1 heterocycles. The maximum Gasteiger partial charge on any atom is 0.146 e. The summed E-state index contributed by atoms with van der Waals surface area (Å²) in [6.45, 7) is 0. The first-order valence-corrected chi connectivity index (χ1v) is 8.01. The third-order valence-electron chi connectivity index (χ3n) is 4.16. The van der Waals surface area contributed by atoms with E-state index in [-0.39, 0.29) is 6.04 Å². The van der Waals surface area contributed by atoms with Crippen molar-refractivity contribution in [2.45, 2.75) is 31.3 Å². The van der Waals surface area contributed by atoms with E-state index in [1.165, 1.54) is 6.33 Å². The zero-order valence-corrected chi connectivity index (χ0v) is 14.0. The van der Waals surface area contributed by atoms with Gasteiger partial charge in [-0.2, -0.15) is 0 Å². The number of nitrogens with one attached hydrogen (secondary N) is 2. The predicted molar refractivity (Wildman–Crippen MR) is 94.1 cm³/mol. The zero-order valence-electron chi connectivity index (χ0n) is 14.0. The Bertz CT molecular complexity index is 694. The molecule has 1 aliphatic rings. The predicted octanol–water partition coefficient (Wildman–Crippen LogP) is 2.53. The number of rotatable bonds is 6. The Balaban J connectivity index is 1.72. The van der Waals surface area contributed by atoms with Crippen LogP contribution in [0.1, 0.15) is 19.3 Å². The largest absolute Gasteiger partial charge is 0.497 e. The number of methoxy groups -OCH3 is 2. The van der Waals surface area contributed by atoms with Crippen molar-refractivity contribution in [1.82, 2.24) is 9.97 Å². The second-order valence-corrected chi connectivity index (χ2v) is 5.89. The summed E-state index contributed by atoms with van der Waals surface area (Å²) in [6.07, 6.45) is 4.63. The van der Waals surface area contributed by atoms with E-state index in [0.717, 1.165) is 36.5 Å². The molecule has 0 aliphatic heterocycles. The molecule has 3 rings (SSSR count). The lowest BCUT2D eigenvalue weighted by atomic mass is 10.2. The van der Waals surface area contributed by atoms with E-state index >= 15 is 0 Å². The molecule has 2 aromatic rings. The molecule has 4 N–H and O–H groups in total. The van der Waals surface area contributed by atoms with Crippen LogP contribution in [0.2, 0.25) is 0 Å². The minimum absolute atomic E-state index is 0.283. The number of ether oxygens (including phenoxy) is 2. The fraction of sp³-hybridized carbons (Fsp3) is 0.412. The molecule has 128 valence electrons. The van der Waals surface area contributed by atoms with Gasteiger partial charge in [0.2, 0.25) is 0 Å². The topological polar surface area (TPSA) is 94.3 Å². The summed E-state index contributed by atoms with van der Waals surface area (Å²) in [5, 5.41) is 6.67. The van der Waals surface area contributed by atoms with Crippen LogP contribution in [0.15, 0.2) is 30.6 Å². The SMILES string of the molecule is COc1ccc(Nc2cc(N[C@@H]3CC[C@H](N)C3)ncn2)c(OC)c1. The van der Waals surface area contributed by atoms with Gasteiger partial charge in [0.25, 0.3) is 0 Å². The summed E-state index contributed by atoms with van der Waals surface area (Å²) in [6, 6.07) is 8.12. The fourth-order valence-corrected chi connectivity index (χ4v) is 2.90. The van der Waals surface area contributed by atoms with Crippen LogP contribution in [0.3, 0.4) is 0 Å². The van der Waals surface area contributed by atoms with Crippen molar-refractivity contribution in [3.63, 3.8) is 0 Å². The Morgan fingerprint density at radius 2 is 1.92 bits per heavy atom. The van der Waals surface area contributed by atoms with Crippen molar-refractivity contribution in [2.24, 2.45) is 5.73 Å². The lowest BCUT2D eigenvalue weighted by molar-refractivity contribution is 0.395. The van der Waals surface area contributed by atoms with E-state index < -0.39 is 0 Å². The Morgan fingerprint density at radius 3 is 2.62 bits per heavy atom. The summed E-state index contributed by atoms with van der Waals surface area (Å²) in [4.78, 5) is 8.55. The Morgan fingerprint density at radius 1 is 1.08 bits per heavy atom. The van der Waals surface area contributed by atoms with Crippen LogP contribution in [0.4, 0.5) is 17.3 Å². The van der Waals surface area contributed by atoms with Gasteiger partial charge >= 0.3 is 0 Å². The minimum atomic E-state index is 0.283. The molecule has 2 atom stereocenters. The summed E-state index contributed by atoms with van der Waals surface area (Å²) in [5.41, 5.74) is 6.77. The molecule has 7 heteroatoms. The number of hydrogen-bond donors (Lipinski definition) is 3. The van der Waals surface area contributed by atoms with Crippen molar-refractivity contribution in [3.8, 4) is 11.5 Å². The minimum Gasteiger partial charge on any atom is -0.497 e. The van der Waals surface area contributed by atoms with E-state index in [2.05, 4.69) is 20.6 Å². The van der Waals surface area contributed by atoms with Crippen LogP contribution in [0.5, 0.6) is 11.5 Å². The van der Waals surface area contributed by atoms with Crippen molar-refractivity contribution in [1.29, 1.82) is 0 Å². The fourth-order valence-electron chi connectivity index (χ4n) is 2.90. The van der Waals surface area contributed by atoms with Crippen LogP contribution in [-0.4, -0.2) is 36.3 Å².